The van der Waals surface area contributed by atoms with E-state index in [1.807, 2.05) is 0 Å². The Morgan fingerprint density at radius 3 is 2.93 bits per heavy atom. The first-order valence-electron chi connectivity index (χ1n) is 3.97. The fraction of sp³-hybridized carbons (Fsp3) is 0.250. The van der Waals surface area contributed by atoms with Crippen LogP contribution in [0.1, 0.15) is 5.82 Å². The van der Waals surface area contributed by atoms with E-state index in [2.05, 4.69) is 20.3 Å². The van der Waals surface area contributed by atoms with Crippen molar-refractivity contribution < 1.29 is 9.26 Å². The highest BCUT2D eigenvalue weighted by Crippen LogP contribution is 2.17. The van der Waals surface area contributed by atoms with Crippen molar-refractivity contribution in [1.82, 2.24) is 20.3 Å². The Morgan fingerprint density at radius 1 is 1.43 bits per heavy atom. The smallest absolute Gasteiger partial charge is 0.278 e. The quantitative estimate of drug-likeness (QED) is 0.702. The fourth-order valence-electron chi connectivity index (χ4n) is 0.966. The second kappa shape index (κ2) is 3.41. The molecule has 0 radical (unpaired) electrons. The lowest BCUT2D eigenvalue weighted by molar-refractivity contribution is 0.408. The summed E-state index contributed by atoms with van der Waals surface area (Å²) in [6.07, 6.45) is 1.51. The van der Waals surface area contributed by atoms with Crippen LogP contribution in [0, 0.1) is 6.92 Å². The lowest BCUT2D eigenvalue weighted by Crippen LogP contribution is -1.90. The van der Waals surface area contributed by atoms with E-state index in [0.29, 0.717) is 23.2 Å². The Hall–Kier alpha value is -1.98. The number of hydrogen-bond acceptors (Lipinski definition) is 6. The molecule has 0 N–H and O–H groups in total. The molecule has 0 bridgehead atoms. The third-order valence-corrected chi connectivity index (χ3v) is 1.61. The first kappa shape index (κ1) is 8.61. The zero-order valence-electron chi connectivity index (χ0n) is 7.76. The summed E-state index contributed by atoms with van der Waals surface area (Å²) in [4.78, 5) is 4.02. The third kappa shape index (κ3) is 1.54. The molecule has 0 atom stereocenters. The molecule has 0 spiro atoms. The van der Waals surface area contributed by atoms with Gasteiger partial charge in [-0.2, -0.15) is 10.1 Å². The summed E-state index contributed by atoms with van der Waals surface area (Å²) in [5.41, 5.74) is 0.505. The summed E-state index contributed by atoms with van der Waals surface area (Å²) in [6.45, 7) is 1.74. The van der Waals surface area contributed by atoms with Crippen molar-refractivity contribution in [2.24, 2.45) is 0 Å². The van der Waals surface area contributed by atoms with Crippen molar-refractivity contribution in [3.05, 3.63) is 18.1 Å². The molecule has 2 rings (SSSR count). The van der Waals surface area contributed by atoms with E-state index in [-0.39, 0.29) is 0 Å². The minimum absolute atomic E-state index is 0.342. The topological polar surface area (TPSA) is 73.9 Å². The number of methoxy groups -OCH3 is 1. The summed E-state index contributed by atoms with van der Waals surface area (Å²) < 4.78 is 9.92. The second-order valence-electron chi connectivity index (χ2n) is 2.63. The maximum Gasteiger partial charge on any atom is 0.278 e. The average Bonchev–Trinajstić information content (AvgIpc) is 2.65. The molecule has 0 saturated carbocycles. The molecule has 0 aliphatic rings. The molecule has 0 aliphatic heterocycles. The van der Waals surface area contributed by atoms with Crippen molar-refractivity contribution >= 4 is 0 Å². The zero-order valence-corrected chi connectivity index (χ0v) is 7.76. The minimum atomic E-state index is 0.342. The van der Waals surface area contributed by atoms with Gasteiger partial charge in [0.05, 0.1) is 13.3 Å². The first-order valence-corrected chi connectivity index (χ1v) is 3.97. The number of aryl methyl sites for hydroxylation is 1. The van der Waals surface area contributed by atoms with E-state index in [4.69, 9.17) is 9.26 Å². The van der Waals surface area contributed by atoms with Crippen molar-refractivity contribution in [3.63, 3.8) is 0 Å². The van der Waals surface area contributed by atoms with Crippen LogP contribution in [0.4, 0.5) is 0 Å². The van der Waals surface area contributed by atoms with E-state index < -0.39 is 0 Å². The molecule has 0 amide bonds. The Bertz CT molecular complexity index is 440. The van der Waals surface area contributed by atoms with Gasteiger partial charge in [0.15, 0.2) is 11.5 Å². The van der Waals surface area contributed by atoms with Crippen LogP contribution in [0.25, 0.3) is 11.6 Å². The summed E-state index contributed by atoms with van der Waals surface area (Å²) in [6, 6.07) is 1.68. The highest BCUT2D eigenvalue weighted by Gasteiger charge is 2.08. The van der Waals surface area contributed by atoms with Gasteiger partial charge in [0.1, 0.15) is 5.75 Å². The molecule has 0 aliphatic carbocycles. The second-order valence-corrected chi connectivity index (χ2v) is 2.63. The summed E-state index contributed by atoms with van der Waals surface area (Å²) in [5.74, 6) is 1.50. The van der Waals surface area contributed by atoms with E-state index >= 15 is 0 Å². The van der Waals surface area contributed by atoms with Crippen molar-refractivity contribution in [3.8, 4) is 17.3 Å². The van der Waals surface area contributed by atoms with Gasteiger partial charge in [0.2, 0.25) is 0 Å². The highest BCUT2D eigenvalue weighted by atomic mass is 16.5. The molecule has 14 heavy (non-hydrogen) atoms. The zero-order chi connectivity index (χ0) is 9.97. The molecule has 2 heterocycles. The standard InChI is InChI=1S/C8H8N4O2/c1-5-10-8(14-12-5)7-3-6(13-2)4-9-11-7/h3-4H,1-2H3. The monoisotopic (exact) mass is 192 g/mol. The number of aromatic nitrogens is 4. The van der Waals surface area contributed by atoms with Crippen LogP contribution in [0.2, 0.25) is 0 Å². The van der Waals surface area contributed by atoms with Crippen LogP contribution in [0.15, 0.2) is 16.8 Å². The summed E-state index contributed by atoms with van der Waals surface area (Å²) in [7, 11) is 1.56. The van der Waals surface area contributed by atoms with E-state index in [0.717, 1.165) is 0 Å². The lowest BCUT2D eigenvalue weighted by atomic mass is 10.4. The third-order valence-electron chi connectivity index (χ3n) is 1.61. The van der Waals surface area contributed by atoms with Crippen molar-refractivity contribution in [2.45, 2.75) is 6.92 Å². The lowest BCUT2D eigenvalue weighted by Gasteiger charge is -1.97. The predicted octanol–water partition coefficient (Wildman–Crippen LogP) is 0.844. The van der Waals surface area contributed by atoms with E-state index in [1.165, 1.54) is 6.20 Å². The van der Waals surface area contributed by atoms with Crippen LogP contribution in [0.5, 0.6) is 5.75 Å². The Kier molecular flexibility index (Phi) is 2.10. The van der Waals surface area contributed by atoms with Gasteiger partial charge >= 0.3 is 0 Å². The normalized spacial score (nSPS) is 10.1. The number of hydrogen-bond donors (Lipinski definition) is 0. The van der Waals surface area contributed by atoms with Gasteiger partial charge in [-0.1, -0.05) is 5.16 Å². The van der Waals surface area contributed by atoms with Gasteiger partial charge in [-0.05, 0) is 6.92 Å². The molecular formula is C8H8N4O2. The number of ether oxygens (including phenoxy) is 1. The largest absolute Gasteiger partial charge is 0.495 e. The first-order chi connectivity index (χ1) is 6.79. The molecule has 0 saturated heterocycles. The predicted molar refractivity (Wildman–Crippen MR) is 46.6 cm³/mol. The minimum Gasteiger partial charge on any atom is -0.495 e. The molecule has 72 valence electrons. The molecule has 2 aromatic rings. The average molecular weight is 192 g/mol. The van der Waals surface area contributed by atoms with E-state index in [1.54, 1.807) is 20.1 Å². The van der Waals surface area contributed by atoms with Gasteiger partial charge in [0.25, 0.3) is 5.89 Å². The number of rotatable bonds is 2. The molecule has 0 unspecified atom stereocenters. The molecule has 0 aromatic carbocycles. The van der Waals surface area contributed by atoms with Crippen LogP contribution in [-0.2, 0) is 0 Å². The Balaban J connectivity index is 2.41. The molecule has 6 nitrogen and oxygen atoms in total. The van der Waals surface area contributed by atoms with Crippen molar-refractivity contribution in [2.75, 3.05) is 7.11 Å². The molecule has 6 heteroatoms. The van der Waals surface area contributed by atoms with Crippen LogP contribution >= 0.6 is 0 Å². The Labute approximate surface area is 79.9 Å². The highest BCUT2D eigenvalue weighted by molar-refractivity contribution is 5.47. The van der Waals surface area contributed by atoms with Gasteiger partial charge in [-0.15, -0.1) is 5.10 Å². The number of nitrogens with zero attached hydrogens (tertiary/aromatic N) is 4. The fourth-order valence-corrected chi connectivity index (χ4v) is 0.966. The van der Waals surface area contributed by atoms with E-state index in [9.17, 15) is 0 Å². The molecule has 2 aromatic heterocycles. The SMILES string of the molecule is COc1cnnc(-c2nc(C)no2)c1. The van der Waals surface area contributed by atoms with Gasteiger partial charge in [-0.3, -0.25) is 0 Å². The summed E-state index contributed by atoms with van der Waals surface area (Å²) >= 11 is 0. The van der Waals surface area contributed by atoms with Gasteiger partial charge in [0, 0.05) is 6.07 Å². The molecule has 0 fully saturated rings. The molecular weight excluding hydrogens is 184 g/mol. The van der Waals surface area contributed by atoms with Crippen LogP contribution < -0.4 is 4.74 Å². The maximum atomic E-state index is 4.99. The maximum absolute atomic E-state index is 4.99. The Morgan fingerprint density at radius 2 is 2.29 bits per heavy atom. The summed E-state index contributed by atoms with van der Waals surface area (Å²) in [5, 5.41) is 11.2. The van der Waals surface area contributed by atoms with Crippen LogP contribution in [-0.4, -0.2) is 27.4 Å². The van der Waals surface area contributed by atoms with Gasteiger partial charge in [-0.25, -0.2) is 0 Å². The van der Waals surface area contributed by atoms with Gasteiger partial charge < -0.3 is 9.26 Å². The van der Waals surface area contributed by atoms with Crippen LogP contribution in [0.3, 0.4) is 0 Å². The van der Waals surface area contributed by atoms with Crippen molar-refractivity contribution in [1.29, 1.82) is 0 Å².